The number of benzene rings is 2. The van der Waals surface area contributed by atoms with Crippen LogP contribution in [0, 0.1) is 0 Å². The van der Waals surface area contributed by atoms with Crippen molar-refractivity contribution in [2.24, 2.45) is 0 Å². The number of nitrogens with zero attached hydrogens (tertiary/aromatic N) is 2. The van der Waals surface area contributed by atoms with Crippen LogP contribution >= 0.6 is 0 Å². The molecule has 0 bridgehead atoms. The van der Waals surface area contributed by atoms with E-state index in [4.69, 9.17) is 27.8 Å². The van der Waals surface area contributed by atoms with Gasteiger partial charge in [-0.15, -0.1) is 0 Å². The molecule has 4 aromatic rings. The minimum absolute atomic E-state index is 0.384. The molecule has 41 heavy (non-hydrogen) atoms. The largest absolute Gasteiger partial charge is 0.493 e. The fourth-order valence-electron chi connectivity index (χ4n) is 5.27. The van der Waals surface area contributed by atoms with Gasteiger partial charge < -0.3 is 27.8 Å². The molecule has 0 saturated carbocycles. The van der Waals surface area contributed by atoms with E-state index in [1.165, 1.54) is 0 Å². The van der Waals surface area contributed by atoms with E-state index in [0.29, 0.717) is 80.2 Å². The maximum absolute atomic E-state index is 11.3. The number of hydrogen-bond acceptors (Lipinski definition) is 10. The van der Waals surface area contributed by atoms with Crippen LogP contribution in [0.5, 0.6) is 23.0 Å². The van der Waals surface area contributed by atoms with Crippen LogP contribution in [0.25, 0.3) is 0 Å². The Morgan fingerprint density at radius 2 is 1.12 bits per heavy atom. The molecule has 0 aliphatic carbocycles. The average molecular weight is 559 g/mol. The van der Waals surface area contributed by atoms with E-state index in [2.05, 4.69) is 9.80 Å². The van der Waals surface area contributed by atoms with Gasteiger partial charge in [-0.1, -0.05) is 0 Å². The lowest BCUT2D eigenvalue weighted by Gasteiger charge is -2.29. The van der Waals surface area contributed by atoms with E-state index in [1.807, 2.05) is 36.4 Å². The molecule has 0 N–H and O–H groups in total. The summed E-state index contributed by atoms with van der Waals surface area (Å²) in [5, 5.41) is 0. The molecular weight excluding hydrogens is 528 g/mol. The summed E-state index contributed by atoms with van der Waals surface area (Å²) in [7, 11) is 3.13. The first-order chi connectivity index (χ1) is 20.0. The number of carbonyl (C=O) groups excluding carboxylic acids is 2. The Labute approximate surface area is 236 Å². The third kappa shape index (κ3) is 5.70. The molecule has 212 valence electrons. The summed E-state index contributed by atoms with van der Waals surface area (Å²) >= 11 is 0. The fourth-order valence-corrected chi connectivity index (χ4v) is 5.27. The highest BCUT2D eigenvalue weighted by molar-refractivity contribution is 5.78. The van der Waals surface area contributed by atoms with Crippen LogP contribution in [0.4, 0.5) is 0 Å². The molecule has 6 rings (SSSR count). The summed E-state index contributed by atoms with van der Waals surface area (Å²) in [6.45, 7) is 3.11. The number of furan rings is 2. The fraction of sp³-hybridized carbons (Fsp3) is 0.290. The number of carbonyl (C=O) groups is 2. The molecule has 0 saturated heterocycles. The maximum Gasteiger partial charge on any atom is 0.167 e. The first kappa shape index (κ1) is 26.7. The van der Waals surface area contributed by atoms with Gasteiger partial charge in [-0.3, -0.25) is 19.4 Å². The van der Waals surface area contributed by atoms with Gasteiger partial charge in [0, 0.05) is 35.3 Å². The van der Waals surface area contributed by atoms with Crippen molar-refractivity contribution in [3.05, 3.63) is 93.8 Å². The number of fused-ring (bicyclic) bond motifs is 2. The SMILES string of the molecule is COc1cc(C=O)cc2c1OCN(Cc1ccc(Cc3ccc(CN4COc5c(cc(C=O)cc5OC)C4)o3)o1)C2. The summed E-state index contributed by atoms with van der Waals surface area (Å²) in [6.07, 6.45) is 2.14. The third-order valence-electron chi connectivity index (χ3n) is 7.13. The Morgan fingerprint density at radius 3 is 1.54 bits per heavy atom. The van der Waals surface area contributed by atoms with Gasteiger partial charge in [-0.2, -0.15) is 0 Å². The Balaban J connectivity index is 1.05. The lowest BCUT2D eigenvalue weighted by molar-refractivity contribution is 0.0784. The number of aldehydes is 2. The number of rotatable bonds is 10. The van der Waals surface area contributed by atoms with Crippen LogP contribution < -0.4 is 18.9 Å². The number of methoxy groups -OCH3 is 2. The van der Waals surface area contributed by atoms with Gasteiger partial charge in [-0.25, -0.2) is 0 Å². The van der Waals surface area contributed by atoms with Crippen LogP contribution in [0.1, 0.15) is 54.9 Å². The molecule has 0 atom stereocenters. The second-order valence-electron chi connectivity index (χ2n) is 10.1. The Bertz CT molecular complexity index is 1460. The van der Waals surface area contributed by atoms with Crippen molar-refractivity contribution in [1.29, 1.82) is 0 Å². The quantitative estimate of drug-likeness (QED) is 0.252. The van der Waals surface area contributed by atoms with Crippen molar-refractivity contribution in [3.63, 3.8) is 0 Å². The van der Waals surface area contributed by atoms with Gasteiger partial charge in [0.05, 0.1) is 33.7 Å². The van der Waals surface area contributed by atoms with Gasteiger partial charge >= 0.3 is 0 Å². The molecule has 0 radical (unpaired) electrons. The van der Waals surface area contributed by atoms with E-state index in [1.54, 1.807) is 26.4 Å². The van der Waals surface area contributed by atoms with Crippen LogP contribution in [-0.4, -0.2) is 50.1 Å². The molecule has 10 heteroatoms. The van der Waals surface area contributed by atoms with Crippen molar-refractivity contribution < 1.29 is 37.4 Å². The van der Waals surface area contributed by atoms with E-state index < -0.39 is 0 Å². The van der Waals surface area contributed by atoms with E-state index in [-0.39, 0.29) is 0 Å². The predicted octanol–water partition coefficient (Wildman–Crippen LogP) is 4.81. The van der Waals surface area contributed by atoms with Gasteiger partial charge in [0.25, 0.3) is 0 Å². The maximum atomic E-state index is 11.3. The second kappa shape index (κ2) is 11.5. The molecular formula is C31H30N2O8. The van der Waals surface area contributed by atoms with Gasteiger partial charge in [-0.05, 0) is 48.5 Å². The van der Waals surface area contributed by atoms with Crippen molar-refractivity contribution in [3.8, 4) is 23.0 Å². The highest BCUT2D eigenvalue weighted by atomic mass is 16.5. The zero-order valence-corrected chi connectivity index (χ0v) is 22.9. The smallest absolute Gasteiger partial charge is 0.167 e. The normalized spacial score (nSPS) is 14.9. The molecule has 0 spiro atoms. The van der Waals surface area contributed by atoms with Crippen molar-refractivity contribution in [2.75, 3.05) is 27.7 Å². The highest BCUT2D eigenvalue weighted by Crippen LogP contribution is 2.37. The molecule has 2 aromatic carbocycles. The first-order valence-electron chi connectivity index (χ1n) is 13.2. The molecule has 10 nitrogen and oxygen atoms in total. The van der Waals surface area contributed by atoms with Crippen LogP contribution in [0.3, 0.4) is 0 Å². The van der Waals surface area contributed by atoms with Gasteiger partial charge in [0.15, 0.2) is 23.0 Å². The summed E-state index contributed by atoms with van der Waals surface area (Å²) < 4.78 is 34.8. The molecule has 0 fully saturated rings. The van der Waals surface area contributed by atoms with Crippen molar-refractivity contribution >= 4 is 12.6 Å². The molecule has 0 amide bonds. The lowest BCUT2D eigenvalue weighted by Crippen LogP contribution is -2.31. The molecule has 2 aliphatic rings. The molecule has 2 aromatic heterocycles. The van der Waals surface area contributed by atoms with Crippen LogP contribution in [0.2, 0.25) is 0 Å². The predicted molar refractivity (Wildman–Crippen MR) is 146 cm³/mol. The van der Waals surface area contributed by atoms with Gasteiger partial charge in [0.2, 0.25) is 0 Å². The Kier molecular flexibility index (Phi) is 7.49. The van der Waals surface area contributed by atoms with Gasteiger partial charge in [0.1, 0.15) is 49.1 Å². The minimum atomic E-state index is 0.384. The Hall–Kier alpha value is -4.54. The minimum Gasteiger partial charge on any atom is -0.493 e. The second-order valence-corrected chi connectivity index (χ2v) is 10.1. The van der Waals surface area contributed by atoms with Crippen molar-refractivity contribution in [1.82, 2.24) is 9.80 Å². The highest BCUT2D eigenvalue weighted by Gasteiger charge is 2.24. The first-order valence-corrected chi connectivity index (χ1v) is 13.2. The summed E-state index contributed by atoms with van der Waals surface area (Å²) in [5.41, 5.74) is 2.90. The standard InChI is InChI=1S/C31H30N2O8/c1-36-28-9-20(16-34)7-22-12-32(18-38-30(22)28)14-26-5-3-24(40-26)11-25-4-6-27(41-25)15-33-13-23-8-21(17-35)10-29(37-2)31(23)39-19-33/h3-10,16-17H,11-15,18-19H2,1-2H3. The molecule has 4 heterocycles. The topological polar surface area (TPSA) is 104 Å². The van der Waals surface area contributed by atoms with Crippen LogP contribution in [0.15, 0.2) is 57.4 Å². The zero-order chi connectivity index (χ0) is 28.3. The molecule has 0 unspecified atom stereocenters. The lowest BCUT2D eigenvalue weighted by atomic mass is 10.1. The third-order valence-corrected chi connectivity index (χ3v) is 7.13. The van der Waals surface area contributed by atoms with Crippen molar-refractivity contribution in [2.45, 2.75) is 32.6 Å². The number of ether oxygens (including phenoxy) is 4. The zero-order valence-electron chi connectivity index (χ0n) is 22.9. The summed E-state index contributed by atoms with van der Waals surface area (Å²) in [6, 6.07) is 14.8. The number of hydrogen-bond donors (Lipinski definition) is 0. The average Bonchev–Trinajstić information content (AvgIpc) is 3.64. The Morgan fingerprint density at radius 1 is 0.683 bits per heavy atom. The van der Waals surface area contributed by atoms with E-state index in [9.17, 15) is 9.59 Å². The van der Waals surface area contributed by atoms with E-state index in [0.717, 1.165) is 46.7 Å². The summed E-state index contributed by atoms with van der Waals surface area (Å²) in [4.78, 5) is 26.8. The molecule has 2 aliphatic heterocycles. The van der Waals surface area contributed by atoms with Crippen LogP contribution in [-0.2, 0) is 32.6 Å². The monoisotopic (exact) mass is 558 g/mol. The van der Waals surface area contributed by atoms with E-state index >= 15 is 0 Å². The summed E-state index contributed by atoms with van der Waals surface area (Å²) in [5.74, 6) is 5.70.